The Kier molecular flexibility index (Phi) is 5.03. The molecule has 3 rings (SSSR count). The van der Waals surface area contributed by atoms with Crippen molar-refractivity contribution in [1.82, 2.24) is 4.90 Å². The van der Waals surface area contributed by atoms with E-state index in [1.54, 1.807) is 23.2 Å². The smallest absolute Gasteiger partial charge is 0.338 e. The van der Waals surface area contributed by atoms with Gasteiger partial charge in [0.05, 0.1) is 23.1 Å². The highest BCUT2D eigenvalue weighted by Crippen LogP contribution is 2.34. The van der Waals surface area contributed by atoms with Crippen molar-refractivity contribution in [2.75, 3.05) is 13.2 Å². The first-order valence-corrected chi connectivity index (χ1v) is 9.14. The Balaban J connectivity index is 1.96. The zero-order valence-corrected chi connectivity index (χ0v) is 15.2. The molecule has 0 spiro atoms. The van der Waals surface area contributed by atoms with Gasteiger partial charge < -0.3 is 9.64 Å². The minimum Gasteiger partial charge on any atom is -0.462 e. The van der Waals surface area contributed by atoms with E-state index in [0.717, 1.165) is 18.1 Å². The molecule has 0 bridgehead atoms. The highest BCUT2D eigenvalue weighted by Gasteiger charge is 2.30. The van der Waals surface area contributed by atoms with Crippen LogP contribution in [-0.2, 0) is 11.2 Å². The third-order valence-electron chi connectivity index (χ3n) is 4.42. The van der Waals surface area contributed by atoms with Crippen molar-refractivity contribution in [2.24, 2.45) is 0 Å². The van der Waals surface area contributed by atoms with E-state index in [9.17, 15) is 19.7 Å². The van der Waals surface area contributed by atoms with Crippen LogP contribution in [0.1, 0.15) is 51.0 Å². The van der Waals surface area contributed by atoms with Gasteiger partial charge >= 0.3 is 5.97 Å². The molecule has 136 valence electrons. The number of hydrogen-bond acceptors (Lipinski definition) is 6. The molecule has 1 amide bonds. The average Bonchev–Trinajstić information content (AvgIpc) is 3.11. The Morgan fingerprint density at radius 2 is 2.08 bits per heavy atom. The molecule has 0 N–H and O–H groups in total. The Morgan fingerprint density at radius 3 is 2.77 bits per heavy atom. The van der Waals surface area contributed by atoms with Gasteiger partial charge in [-0.3, -0.25) is 14.9 Å². The number of nitro groups is 1. The van der Waals surface area contributed by atoms with Crippen molar-refractivity contribution in [3.05, 3.63) is 61.3 Å². The Bertz CT molecular complexity index is 876. The molecular formula is C18H18N2O5S. The van der Waals surface area contributed by atoms with Crippen molar-refractivity contribution >= 4 is 28.9 Å². The lowest BCUT2D eigenvalue weighted by Crippen LogP contribution is -2.38. The molecule has 0 radical (unpaired) electrons. The number of rotatable bonds is 4. The number of nitrogens with zero attached hydrogens (tertiary/aromatic N) is 2. The average molecular weight is 374 g/mol. The minimum atomic E-state index is -0.683. The molecule has 1 atom stereocenters. The quantitative estimate of drug-likeness (QED) is 0.463. The van der Waals surface area contributed by atoms with Crippen LogP contribution in [0.3, 0.4) is 0 Å². The molecule has 1 aromatic carbocycles. The number of amides is 1. The largest absolute Gasteiger partial charge is 0.462 e. The van der Waals surface area contributed by atoms with Crippen molar-refractivity contribution in [2.45, 2.75) is 26.3 Å². The Morgan fingerprint density at radius 1 is 1.35 bits per heavy atom. The first-order chi connectivity index (χ1) is 12.4. The second-order valence-corrected chi connectivity index (χ2v) is 6.97. The number of benzene rings is 1. The van der Waals surface area contributed by atoms with Crippen LogP contribution in [-0.4, -0.2) is 34.9 Å². The summed E-state index contributed by atoms with van der Waals surface area (Å²) in [5.41, 5.74) is 0.920. The van der Waals surface area contributed by atoms with Gasteiger partial charge in [0.2, 0.25) is 0 Å². The van der Waals surface area contributed by atoms with Crippen LogP contribution >= 0.6 is 11.3 Å². The van der Waals surface area contributed by atoms with E-state index in [4.69, 9.17) is 4.74 Å². The van der Waals surface area contributed by atoms with Crippen LogP contribution in [0.5, 0.6) is 0 Å². The predicted octanol–water partition coefficient (Wildman–Crippen LogP) is 3.59. The summed E-state index contributed by atoms with van der Waals surface area (Å²) in [4.78, 5) is 38.5. The van der Waals surface area contributed by atoms with Gasteiger partial charge in [-0.2, -0.15) is 0 Å². The number of hydrogen-bond donors (Lipinski definition) is 0. The van der Waals surface area contributed by atoms with Crippen LogP contribution < -0.4 is 0 Å². The summed E-state index contributed by atoms with van der Waals surface area (Å²) in [7, 11) is 0. The molecule has 0 unspecified atom stereocenters. The third kappa shape index (κ3) is 3.32. The fourth-order valence-electron chi connectivity index (χ4n) is 3.13. The minimum absolute atomic E-state index is 0.00489. The number of esters is 1. The van der Waals surface area contributed by atoms with Gasteiger partial charge in [-0.15, -0.1) is 11.3 Å². The SMILES string of the molecule is CCOC(=O)c1cc(C(=O)N2CCc3sccc3[C@@H]2C)cc([N+](=O)[O-])c1. The highest BCUT2D eigenvalue weighted by atomic mass is 32.1. The molecule has 0 saturated heterocycles. The van der Waals surface area contributed by atoms with Crippen LogP contribution in [0.2, 0.25) is 0 Å². The number of carbonyl (C=O) groups excluding carboxylic acids is 2. The number of ether oxygens (including phenoxy) is 1. The molecule has 1 aromatic heterocycles. The summed E-state index contributed by atoms with van der Waals surface area (Å²) in [6.07, 6.45) is 0.753. The van der Waals surface area contributed by atoms with Gasteiger partial charge in [0.1, 0.15) is 0 Å². The van der Waals surface area contributed by atoms with Crippen molar-refractivity contribution < 1.29 is 19.2 Å². The fraction of sp³-hybridized carbons (Fsp3) is 0.333. The van der Waals surface area contributed by atoms with E-state index in [1.807, 2.05) is 18.4 Å². The summed E-state index contributed by atoms with van der Waals surface area (Å²) in [6.45, 7) is 4.27. The van der Waals surface area contributed by atoms with Crippen LogP contribution in [0.15, 0.2) is 29.6 Å². The van der Waals surface area contributed by atoms with Gasteiger partial charge in [0, 0.05) is 29.1 Å². The van der Waals surface area contributed by atoms with Crippen molar-refractivity contribution in [1.29, 1.82) is 0 Å². The summed E-state index contributed by atoms with van der Waals surface area (Å²) in [5, 5.41) is 13.2. The maximum Gasteiger partial charge on any atom is 0.338 e. The van der Waals surface area contributed by atoms with E-state index in [-0.39, 0.29) is 35.4 Å². The molecule has 0 saturated carbocycles. The Labute approximate surface area is 154 Å². The lowest BCUT2D eigenvalue weighted by molar-refractivity contribution is -0.384. The molecule has 1 aliphatic heterocycles. The molecule has 1 aliphatic rings. The molecule has 7 nitrogen and oxygen atoms in total. The molecule has 26 heavy (non-hydrogen) atoms. The monoisotopic (exact) mass is 374 g/mol. The first-order valence-electron chi connectivity index (χ1n) is 8.26. The zero-order chi connectivity index (χ0) is 18.8. The van der Waals surface area contributed by atoms with Gasteiger partial charge in [0.25, 0.3) is 11.6 Å². The number of carbonyl (C=O) groups is 2. The van der Waals surface area contributed by atoms with Gasteiger partial charge in [-0.05, 0) is 43.3 Å². The first kappa shape index (κ1) is 18.1. The third-order valence-corrected chi connectivity index (χ3v) is 5.42. The van der Waals surface area contributed by atoms with Crippen LogP contribution in [0, 0.1) is 10.1 Å². The standard InChI is InChI=1S/C18H18N2O5S/c1-3-25-18(22)13-8-12(9-14(10-13)20(23)24)17(21)19-6-4-16-15(11(19)2)5-7-26-16/h5,7-11H,3-4,6H2,1-2H3/t11-/m0/s1. The van der Waals surface area contributed by atoms with E-state index < -0.39 is 10.9 Å². The predicted molar refractivity (Wildman–Crippen MR) is 96.5 cm³/mol. The van der Waals surface area contributed by atoms with E-state index in [0.29, 0.717) is 6.54 Å². The lowest BCUT2D eigenvalue weighted by atomic mass is 9.99. The van der Waals surface area contributed by atoms with Gasteiger partial charge in [-0.1, -0.05) is 0 Å². The van der Waals surface area contributed by atoms with Gasteiger partial charge in [-0.25, -0.2) is 4.79 Å². The number of thiophene rings is 1. The maximum absolute atomic E-state index is 13.0. The normalized spacial score (nSPS) is 16.1. The van der Waals surface area contributed by atoms with Crippen LogP contribution in [0.25, 0.3) is 0 Å². The molecule has 2 aromatic rings. The second kappa shape index (κ2) is 7.25. The fourth-order valence-corrected chi connectivity index (χ4v) is 4.09. The van der Waals surface area contributed by atoms with Crippen LogP contribution in [0.4, 0.5) is 5.69 Å². The number of nitro benzene ring substituents is 1. The van der Waals surface area contributed by atoms with E-state index in [2.05, 4.69) is 0 Å². The maximum atomic E-state index is 13.0. The molecule has 2 heterocycles. The number of fused-ring (bicyclic) bond motifs is 1. The summed E-state index contributed by atoms with van der Waals surface area (Å²) < 4.78 is 4.92. The molecular weight excluding hydrogens is 356 g/mol. The van der Waals surface area contributed by atoms with E-state index in [1.165, 1.54) is 17.0 Å². The molecule has 0 fully saturated rings. The van der Waals surface area contributed by atoms with Crippen molar-refractivity contribution in [3.63, 3.8) is 0 Å². The summed E-state index contributed by atoms with van der Waals surface area (Å²) in [6, 6.07) is 5.58. The summed E-state index contributed by atoms with van der Waals surface area (Å²) >= 11 is 1.67. The summed E-state index contributed by atoms with van der Waals surface area (Å²) in [5.74, 6) is -1.01. The van der Waals surface area contributed by atoms with Gasteiger partial charge in [0.15, 0.2) is 0 Å². The van der Waals surface area contributed by atoms with Crippen molar-refractivity contribution in [3.8, 4) is 0 Å². The van der Waals surface area contributed by atoms with E-state index >= 15 is 0 Å². The lowest BCUT2D eigenvalue weighted by Gasteiger charge is -2.33. The Hall–Kier alpha value is -2.74. The molecule has 8 heteroatoms. The highest BCUT2D eigenvalue weighted by molar-refractivity contribution is 7.10. The zero-order valence-electron chi connectivity index (χ0n) is 14.4. The second-order valence-electron chi connectivity index (χ2n) is 5.97. The topological polar surface area (TPSA) is 89.8 Å². The number of non-ortho nitro benzene ring substituents is 1. The molecule has 0 aliphatic carbocycles.